The van der Waals surface area contributed by atoms with E-state index in [4.69, 9.17) is 5.73 Å². The number of aromatic nitrogens is 1. The Morgan fingerprint density at radius 2 is 2.36 bits per heavy atom. The number of esters is 1. The first-order chi connectivity index (χ1) is 6.72. The number of benzene rings is 1. The summed E-state index contributed by atoms with van der Waals surface area (Å²) < 4.78 is 9.56. The number of anilines is 1. The molecule has 2 N–H and O–H groups in total. The Morgan fingerprint density at radius 1 is 1.57 bits per heavy atom. The highest BCUT2D eigenvalue weighted by atomic mass is 32.1. The fourth-order valence-corrected chi connectivity index (χ4v) is 1.95. The van der Waals surface area contributed by atoms with E-state index in [9.17, 15) is 4.79 Å². The molecule has 0 atom stereocenters. The van der Waals surface area contributed by atoms with Crippen LogP contribution >= 0.6 is 11.5 Å². The van der Waals surface area contributed by atoms with Crippen LogP contribution in [0.2, 0.25) is 0 Å². The van der Waals surface area contributed by atoms with Crippen molar-refractivity contribution in [3.8, 4) is 0 Å². The van der Waals surface area contributed by atoms with Gasteiger partial charge in [0.25, 0.3) is 0 Å². The third-order valence-electron chi connectivity index (χ3n) is 1.87. The van der Waals surface area contributed by atoms with E-state index in [1.54, 1.807) is 12.1 Å². The molecule has 1 aromatic heterocycles. The van der Waals surface area contributed by atoms with Gasteiger partial charge in [-0.1, -0.05) is 0 Å². The Bertz CT molecular complexity index is 493. The second-order valence-electron chi connectivity index (χ2n) is 2.78. The maximum atomic E-state index is 11.3. The van der Waals surface area contributed by atoms with Gasteiger partial charge in [-0.15, -0.1) is 0 Å². The van der Waals surface area contributed by atoms with Gasteiger partial charge in [0.1, 0.15) is 0 Å². The molecule has 5 heteroatoms. The molecule has 2 aromatic rings. The molecule has 0 aliphatic rings. The van der Waals surface area contributed by atoms with Crippen LogP contribution in [-0.4, -0.2) is 17.5 Å². The van der Waals surface area contributed by atoms with Crippen LogP contribution in [-0.2, 0) is 4.74 Å². The maximum Gasteiger partial charge on any atom is 0.358 e. The zero-order chi connectivity index (χ0) is 10.1. The minimum atomic E-state index is -0.429. The molecule has 72 valence electrons. The van der Waals surface area contributed by atoms with Gasteiger partial charge in [-0.25, -0.2) is 4.79 Å². The van der Waals surface area contributed by atoms with Crippen molar-refractivity contribution in [2.75, 3.05) is 12.8 Å². The third kappa shape index (κ3) is 1.31. The maximum absolute atomic E-state index is 11.3. The van der Waals surface area contributed by atoms with Crippen LogP contribution in [0, 0.1) is 0 Å². The number of nitrogen functional groups attached to an aromatic ring is 1. The Labute approximate surface area is 84.5 Å². The molecule has 0 amide bonds. The van der Waals surface area contributed by atoms with Gasteiger partial charge in [-0.05, 0) is 29.7 Å². The molecule has 0 aliphatic carbocycles. The summed E-state index contributed by atoms with van der Waals surface area (Å²) in [4.78, 5) is 11.3. The lowest BCUT2D eigenvalue weighted by Crippen LogP contribution is -2.01. The topological polar surface area (TPSA) is 65.2 Å². The lowest BCUT2D eigenvalue weighted by Gasteiger charge is -1.95. The largest absolute Gasteiger partial charge is 0.464 e. The highest BCUT2D eigenvalue weighted by Crippen LogP contribution is 2.25. The predicted octanol–water partition coefficient (Wildman–Crippen LogP) is 1.67. The Hall–Kier alpha value is -1.62. The van der Waals surface area contributed by atoms with Gasteiger partial charge in [0, 0.05) is 11.1 Å². The molecule has 0 bridgehead atoms. The standard InChI is InChI=1S/C9H8N2O2S/c1-13-9(12)8-6-4-5(10)2-3-7(6)14-11-8/h2-4H,10H2,1H3. The summed E-state index contributed by atoms with van der Waals surface area (Å²) in [6.45, 7) is 0. The molecule has 0 radical (unpaired) electrons. The van der Waals surface area contributed by atoms with Crippen molar-refractivity contribution < 1.29 is 9.53 Å². The lowest BCUT2D eigenvalue weighted by molar-refractivity contribution is 0.0598. The van der Waals surface area contributed by atoms with Crippen LogP contribution in [0.3, 0.4) is 0 Å². The van der Waals surface area contributed by atoms with Crippen LogP contribution in [0.5, 0.6) is 0 Å². The lowest BCUT2D eigenvalue weighted by atomic mass is 10.2. The minimum Gasteiger partial charge on any atom is -0.464 e. The van der Waals surface area contributed by atoms with Crippen molar-refractivity contribution in [2.45, 2.75) is 0 Å². The van der Waals surface area contributed by atoms with Gasteiger partial charge in [-0.2, -0.15) is 4.37 Å². The summed E-state index contributed by atoms with van der Waals surface area (Å²) in [6.07, 6.45) is 0. The first kappa shape index (κ1) is 8.96. The molecule has 0 unspecified atom stereocenters. The van der Waals surface area contributed by atoms with Crippen LogP contribution in [0.1, 0.15) is 10.5 Å². The van der Waals surface area contributed by atoms with Gasteiger partial charge in [0.05, 0.1) is 11.8 Å². The minimum absolute atomic E-state index is 0.333. The van der Waals surface area contributed by atoms with Crippen molar-refractivity contribution >= 4 is 33.3 Å². The zero-order valence-electron chi connectivity index (χ0n) is 7.48. The van der Waals surface area contributed by atoms with E-state index >= 15 is 0 Å². The van der Waals surface area contributed by atoms with Gasteiger partial charge in [0.15, 0.2) is 5.69 Å². The summed E-state index contributed by atoms with van der Waals surface area (Å²) in [5.41, 5.74) is 6.57. The first-order valence-corrected chi connectivity index (χ1v) is 4.73. The van der Waals surface area contributed by atoms with E-state index < -0.39 is 5.97 Å². The van der Waals surface area contributed by atoms with Gasteiger partial charge in [0.2, 0.25) is 0 Å². The van der Waals surface area contributed by atoms with E-state index in [-0.39, 0.29) is 0 Å². The highest BCUT2D eigenvalue weighted by Gasteiger charge is 2.14. The Morgan fingerprint density at radius 3 is 3.07 bits per heavy atom. The normalized spacial score (nSPS) is 10.4. The smallest absolute Gasteiger partial charge is 0.358 e. The summed E-state index contributed by atoms with van der Waals surface area (Å²) in [6, 6.07) is 5.35. The number of fused-ring (bicyclic) bond motifs is 1. The van der Waals surface area contributed by atoms with Crippen molar-refractivity contribution in [1.82, 2.24) is 4.37 Å². The number of methoxy groups -OCH3 is 1. The monoisotopic (exact) mass is 208 g/mol. The summed E-state index contributed by atoms with van der Waals surface area (Å²) in [7, 11) is 1.33. The molecule has 0 saturated carbocycles. The SMILES string of the molecule is COC(=O)c1nsc2ccc(N)cc12. The second-order valence-corrected chi connectivity index (χ2v) is 3.58. The molecular formula is C9H8N2O2S. The molecule has 0 aliphatic heterocycles. The fourth-order valence-electron chi connectivity index (χ4n) is 1.20. The summed E-state index contributed by atoms with van der Waals surface area (Å²) >= 11 is 1.26. The van der Waals surface area contributed by atoms with Crippen LogP contribution in [0.4, 0.5) is 5.69 Å². The molecule has 1 heterocycles. The fraction of sp³-hybridized carbons (Fsp3) is 0.111. The van der Waals surface area contributed by atoms with Gasteiger partial charge in [-0.3, -0.25) is 0 Å². The van der Waals surface area contributed by atoms with Crippen molar-refractivity contribution in [1.29, 1.82) is 0 Å². The average molecular weight is 208 g/mol. The van der Waals surface area contributed by atoms with E-state index in [1.165, 1.54) is 18.6 Å². The molecule has 4 nitrogen and oxygen atoms in total. The summed E-state index contributed by atoms with van der Waals surface area (Å²) in [5.74, 6) is -0.429. The molecule has 0 saturated heterocycles. The van der Waals surface area contributed by atoms with Crippen molar-refractivity contribution in [2.24, 2.45) is 0 Å². The number of carbonyl (C=O) groups is 1. The Balaban J connectivity index is 2.67. The number of nitrogens with zero attached hydrogens (tertiary/aromatic N) is 1. The van der Waals surface area contributed by atoms with Crippen LogP contribution in [0.15, 0.2) is 18.2 Å². The quantitative estimate of drug-likeness (QED) is 0.571. The number of carbonyl (C=O) groups excluding carboxylic acids is 1. The predicted molar refractivity (Wildman–Crippen MR) is 55.4 cm³/mol. The van der Waals surface area contributed by atoms with E-state index in [0.717, 1.165) is 10.1 Å². The number of ether oxygens (including phenoxy) is 1. The van der Waals surface area contributed by atoms with Crippen LogP contribution in [0.25, 0.3) is 10.1 Å². The highest BCUT2D eigenvalue weighted by molar-refractivity contribution is 7.13. The summed E-state index contributed by atoms with van der Waals surface area (Å²) in [5, 5.41) is 0.752. The molecular weight excluding hydrogens is 200 g/mol. The van der Waals surface area contributed by atoms with Gasteiger partial charge >= 0.3 is 5.97 Å². The molecule has 0 spiro atoms. The van der Waals surface area contributed by atoms with Gasteiger partial charge < -0.3 is 10.5 Å². The molecule has 14 heavy (non-hydrogen) atoms. The number of rotatable bonds is 1. The molecule has 1 aromatic carbocycles. The zero-order valence-corrected chi connectivity index (χ0v) is 8.30. The second kappa shape index (κ2) is 3.26. The number of hydrogen-bond acceptors (Lipinski definition) is 5. The van der Waals surface area contributed by atoms with E-state index in [0.29, 0.717) is 11.4 Å². The average Bonchev–Trinajstić information content (AvgIpc) is 2.59. The molecule has 0 fully saturated rings. The van der Waals surface area contributed by atoms with E-state index in [1.807, 2.05) is 6.07 Å². The number of nitrogens with two attached hydrogens (primary N) is 1. The van der Waals surface area contributed by atoms with Crippen molar-refractivity contribution in [3.05, 3.63) is 23.9 Å². The third-order valence-corrected chi connectivity index (χ3v) is 2.70. The van der Waals surface area contributed by atoms with E-state index in [2.05, 4.69) is 9.11 Å². The molecule has 2 rings (SSSR count). The Kier molecular flexibility index (Phi) is 2.09. The van der Waals surface area contributed by atoms with Crippen LogP contribution < -0.4 is 5.73 Å². The first-order valence-electron chi connectivity index (χ1n) is 3.95. The number of hydrogen-bond donors (Lipinski definition) is 1. The van der Waals surface area contributed by atoms with Crippen molar-refractivity contribution in [3.63, 3.8) is 0 Å².